The van der Waals surface area contributed by atoms with Gasteiger partial charge in [-0.25, -0.2) is 9.48 Å². The molecule has 0 aliphatic rings. The van der Waals surface area contributed by atoms with Crippen molar-refractivity contribution in [2.75, 3.05) is 6.61 Å². The van der Waals surface area contributed by atoms with Crippen molar-refractivity contribution in [2.45, 2.75) is 45.8 Å². The fourth-order valence-electron chi connectivity index (χ4n) is 2.45. The maximum atomic E-state index is 12.5. The quantitative estimate of drug-likeness (QED) is 0.753. The van der Waals surface area contributed by atoms with E-state index in [1.165, 1.54) is 6.20 Å². The Kier molecular flexibility index (Phi) is 6.62. The molecule has 0 fully saturated rings. The molecule has 2 rings (SSSR count). The Morgan fingerprint density at radius 1 is 1.30 bits per heavy atom. The average Bonchev–Trinajstić information content (AvgIpc) is 2.95. The van der Waals surface area contributed by atoms with Crippen LogP contribution in [-0.4, -0.2) is 45.0 Å². The van der Waals surface area contributed by atoms with Crippen molar-refractivity contribution in [3.8, 4) is 5.69 Å². The second-order valence-electron chi connectivity index (χ2n) is 7.15. The van der Waals surface area contributed by atoms with Crippen molar-refractivity contribution in [3.05, 3.63) is 46.7 Å². The van der Waals surface area contributed by atoms with E-state index in [2.05, 4.69) is 10.4 Å². The monoisotopic (exact) mass is 393 g/mol. The Labute approximate surface area is 163 Å². The topological polar surface area (TPSA) is 93.4 Å². The van der Waals surface area contributed by atoms with Crippen molar-refractivity contribution < 1.29 is 19.4 Å². The molecule has 2 N–H and O–H groups in total. The summed E-state index contributed by atoms with van der Waals surface area (Å²) in [6.07, 6.45) is 1.59. The van der Waals surface area contributed by atoms with E-state index in [4.69, 9.17) is 16.3 Å². The molecule has 0 aliphatic carbocycles. The SMILES string of the molecule is Cc1c(C(=O)NC(CCOC(C)(C)C)C(=O)O)cnn1-c1ccc(Cl)cc1. The lowest BCUT2D eigenvalue weighted by Gasteiger charge is -2.21. The Hall–Kier alpha value is -2.38. The number of ether oxygens (including phenoxy) is 1. The molecule has 1 aromatic heterocycles. The summed E-state index contributed by atoms with van der Waals surface area (Å²) in [5.41, 5.74) is 1.30. The Morgan fingerprint density at radius 2 is 1.93 bits per heavy atom. The van der Waals surface area contributed by atoms with Crippen LogP contribution in [0.3, 0.4) is 0 Å². The molecule has 0 bridgehead atoms. The van der Waals surface area contributed by atoms with E-state index >= 15 is 0 Å². The van der Waals surface area contributed by atoms with Crippen LogP contribution in [0, 0.1) is 6.92 Å². The molecule has 27 heavy (non-hydrogen) atoms. The summed E-state index contributed by atoms with van der Waals surface area (Å²) in [6, 6.07) is 5.99. The van der Waals surface area contributed by atoms with E-state index < -0.39 is 17.9 Å². The van der Waals surface area contributed by atoms with Crippen LogP contribution in [0.15, 0.2) is 30.5 Å². The molecule has 0 aliphatic heterocycles. The number of amides is 1. The highest BCUT2D eigenvalue weighted by Gasteiger charge is 2.24. The number of rotatable bonds is 7. The third-order valence-corrected chi connectivity index (χ3v) is 4.12. The van der Waals surface area contributed by atoms with Crippen molar-refractivity contribution in [3.63, 3.8) is 0 Å². The van der Waals surface area contributed by atoms with Crippen molar-refractivity contribution >= 4 is 23.5 Å². The molecule has 1 amide bonds. The van der Waals surface area contributed by atoms with Crippen LogP contribution in [0.1, 0.15) is 43.2 Å². The lowest BCUT2D eigenvalue weighted by molar-refractivity contribution is -0.140. The number of nitrogens with one attached hydrogen (secondary N) is 1. The van der Waals surface area contributed by atoms with Crippen LogP contribution in [-0.2, 0) is 9.53 Å². The summed E-state index contributed by atoms with van der Waals surface area (Å²) in [7, 11) is 0. The van der Waals surface area contributed by atoms with Gasteiger partial charge in [0.15, 0.2) is 0 Å². The number of carboxylic acid groups (broad SMARTS) is 1. The first-order chi connectivity index (χ1) is 12.6. The van der Waals surface area contributed by atoms with Gasteiger partial charge in [0.25, 0.3) is 5.91 Å². The minimum absolute atomic E-state index is 0.169. The van der Waals surface area contributed by atoms with Crippen LogP contribution >= 0.6 is 11.6 Å². The zero-order valence-electron chi connectivity index (χ0n) is 15.8. The first-order valence-corrected chi connectivity index (χ1v) is 8.94. The lowest BCUT2D eigenvalue weighted by atomic mass is 10.1. The fraction of sp³-hybridized carbons (Fsp3) is 0.421. The minimum Gasteiger partial charge on any atom is -0.480 e. The molecule has 0 radical (unpaired) electrons. The molecule has 2 aromatic rings. The van der Waals surface area contributed by atoms with Gasteiger partial charge in [-0.1, -0.05) is 11.6 Å². The maximum absolute atomic E-state index is 12.5. The first kappa shape index (κ1) is 20.9. The van der Waals surface area contributed by atoms with Crippen LogP contribution in [0.2, 0.25) is 5.02 Å². The van der Waals surface area contributed by atoms with Crippen LogP contribution in [0.5, 0.6) is 0 Å². The Balaban J connectivity index is 2.10. The molecule has 8 heteroatoms. The zero-order valence-corrected chi connectivity index (χ0v) is 16.6. The van der Waals surface area contributed by atoms with Crippen molar-refractivity contribution in [2.24, 2.45) is 0 Å². The van der Waals surface area contributed by atoms with Gasteiger partial charge in [0.05, 0.1) is 28.7 Å². The Morgan fingerprint density at radius 3 is 2.48 bits per heavy atom. The minimum atomic E-state index is -1.11. The number of carboxylic acids is 1. The highest BCUT2D eigenvalue weighted by Crippen LogP contribution is 2.17. The summed E-state index contributed by atoms with van der Waals surface area (Å²) in [5, 5.41) is 16.7. The van der Waals surface area contributed by atoms with Gasteiger partial charge in [0.2, 0.25) is 0 Å². The van der Waals surface area contributed by atoms with Gasteiger partial charge in [-0.3, -0.25) is 4.79 Å². The fourth-order valence-corrected chi connectivity index (χ4v) is 2.58. The van der Waals surface area contributed by atoms with Crippen LogP contribution in [0.25, 0.3) is 5.69 Å². The number of nitrogens with zero attached hydrogens (tertiary/aromatic N) is 2. The number of carbonyl (C=O) groups excluding carboxylic acids is 1. The summed E-state index contributed by atoms with van der Waals surface area (Å²) in [6.45, 7) is 7.63. The molecule has 0 saturated carbocycles. The molecule has 1 unspecified atom stereocenters. The van der Waals surface area contributed by atoms with Gasteiger partial charge in [-0.2, -0.15) is 5.10 Å². The van der Waals surface area contributed by atoms with Gasteiger partial charge in [-0.15, -0.1) is 0 Å². The molecule has 0 saturated heterocycles. The largest absolute Gasteiger partial charge is 0.480 e. The molecule has 146 valence electrons. The molecule has 1 atom stereocenters. The second-order valence-corrected chi connectivity index (χ2v) is 7.58. The second kappa shape index (κ2) is 8.54. The van der Waals surface area contributed by atoms with Crippen molar-refractivity contribution in [1.82, 2.24) is 15.1 Å². The summed E-state index contributed by atoms with van der Waals surface area (Å²) < 4.78 is 7.15. The molecule has 1 heterocycles. The molecule has 1 aromatic carbocycles. The van der Waals surface area contributed by atoms with Gasteiger partial charge < -0.3 is 15.2 Å². The standard InChI is InChI=1S/C19H24ClN3O4/c1-12-15(11-21-23(12)14-7-5-13(20)6-8-14)17(24)22-16(18(25)26)9-10-27-19(2,3)4/h5-8,11,16H,9-10H2,1-4H3,(H,22,24)(H,25,26). The molecule has 7 nitrogen and oxygen atoms in total. The van der Waals surface area contributed by atoms with E-state index in [-0.39, 0.29) is 18.6 Å². The number of carbonyl (C=O) groups is 2. The maximum Gasteiger partial charge on any atom is 0.326 e. The van der Waals surface area contributed by atoms with Gasteiger partial charge in [0.1, 0.15) is 6.04 Å². The van der Waals surface area contributed by atoms with Crippen molar-refractivity contribution in [1.29, 1.82) is 0 Å². The predicted octanol–water partition coefficient (Wildman–Crippen LogP) is 3.22. The smallest absolute Gasteiger partial charge is 0.326 e. The predicted molar refractivity (Wildman–Crippen MR) is 103 cm³/mol. The molecular weight excluding hydrogens is 370 g/mol. The van der Waals surface area contributed by atoms with E-state index in [9.17, 15) is 14.7 Å². The summed E-state index contributed by atoms with van der Waals surface area (Å²) in [4.78, 5) is 24.0. The normalized spacial score (nSPS) is 12.6. The number of halogens is 1. The summed E-state index contributed by atoms with van der Waals surface area (Å²) >= 11 is 5.89. The highest BCUT2D eigenvalue weighted by molar-refractivity contribution is 6.30. The summed E-state index contributed by atoms with van der Waals surface area (Å²) in [5.74, 6) is -1.60. The average molecular weight is 394 g/mol. The van der Waals surface area contributed by atoms with Gasteiger partial charge >= 0.3 is 5.97 Å². The van der Waals surface area contributed by atoms with E-state index in [1.807, 2.05) is 20.8 Å². The number of hydrogen-bond acceptors (Lipinski definition) is 4. The number of hydrogen-bond donors (Lipinski definition) is 2. The van der Waals surface area contributed by atoms with E-state index in [0.717, 1.165) is 5.69 Å². The third kappa shape index (κ3) is 5.80. The lowest BCUT2D eigenvalue weighted by Crippen LogP contribution is -2.42. The van der Waals surface area contributed by atoms with E-state index in [1.54, 1.807) is 35.9 Å². The zero-order chi connectivity index (χ0) is 20.2. The van der Waals surface area contributed by atoms with E-state index in [0.29, 0.717) is 16.3 Å². The Bertz CT molecular complexity index is 809. The highest BCUT2D eigenvalue weighted by atomic mass is 35.5. The van der Waals surface area contributed by atoms with Crippen LogP contribution < -0.4 is 5.32 Å². The number of aromatic nitrogens is 2. The van der Waals surface area contributed by atoms with Gasteiger partial charge in [0, 0.05) is 18.1 Å². The first-order valence-electron chi connectivity index (χ1n) is 8.56. The number of aliphatic carboxylic acids is 1. The third-order valence-electron chi connectivity index (χ3n) is 3.87. The number of benzene rings is 1. The molecular formula is C19H24ClN3O4. The van der Waals surface area contributed by atoms with Crippen LogP contribution in [0.4, 0.5) is 0 Å². The van der Waals surface area contributed by atoms with Gasteiger partial charge in [-0.05, 0) is 52.0 Å². The molecule has 0 spiro atoms.